The Morgan fingerprint density at radius 2 is 2.14 bits per heavy atom. The van der Waals surface area contributed by atoms with Crippen molar-refractivity contribution in [2.24, 2.45) is 0 Å². The first-order valence-electron chi connectivity index (χ1n) is 8.67. The van der Waals surface area contributed by atoms with Gasteiger partial charge in [-0.05, 0) is 36.8 Å². The highest BCUT2D eigenvalue weighted by Gasteiger charge is 2.20. The van der Waals surface area contributed by atoms with Crippen LogP contribution in [0.2, 0.25) is 5.02 Å². The molecule has 0 fully saturated rings. The number of hydrogen-bond donors (Lipinski definition) is 1. The number of aromatic nitrogens is 3. The van der Waals surface area contributed by atoms with Gasteiger partial charge in [0.25, 0.3) is 0 Å². The fourth-order valence-corrected chi connectivity index (χ4v) is 2.80. The Kier molecular flexibility index (Phi) is 6.19. The van der Waals surface area contributed by atoms with E-state index in [2.05, 4.69) is 26.8 Å². The normalized spacial score (nSPS) is 10.5. The van der Waals surface area contributed by atoms with Gasteiger partial charge in [0.05, 0.1) is 24.4 Å². The van der Waals surface area contributed by atoms with Crippen LogP contribution in [0.25, 0.3) is 17.5 Å². The molecule has 0 bridgehead atoms. The van der Waals surface area contributed by atoms with Crippen molar-refractivity contribution in [3.8, 4) is 11.4 Å². The highest BCUT2D eigenvalue weighted by Crippen LogP contribution is 2.27. The molecule has 0 atom stereocenters. The molecule has 0 saturated heterocycles. The summed E-state index contributed by atoms with van der Waals surface area (Å²) in [5.74, 6) is -0.772. The van der Waals surface area contributed by atoms with Gasteiger partial charge in [0, 0.05) is 17.3 Å². The first-order chi connectivity index (χ1) is 13.9. The van der Waals surface area contributed by atoms with Gasteiger partial charge in [-0.3, -0.25) is 4.98 Å². The molecule has 1 N–H and O–H groups in total. The molecular weight excluding hydrogens is 395 g/mol. The topological polar surface area (TPSA) is 77.0 Å². The van der Waals surface area contributed by atoms with Crippen molar-refractivity contribution < 1.29 is 13.9 Å². The monoisotopic (exact) mass is 412 g/mol. The molecule has 0 amide bonds. The molecule has 2 heterocycles. The highest BCUT2D eigenvalue weighted by molar-refractivity contribution is 6.30. The Balaban J connectivity index is 2.09. The molecule has 0 spiro atoms. The van der Waals surface area contributed by atoms with Crippen LogP contribution in [-0.2, 0) is 11.3 Å². The standard InChI is InChI=1S/C21H18ClFN4O2/c1-4-14-18(21(28)29-3)26-19(13-7-8-15(22)16(23)10-13)27-20(14)25-11-17-12(2)6-5-9-24-17/h4-10H,1,11H2,2-3H3,(H,25,26,27). The molecule has 0 aliphatic rings. The van der Waals surface area contributed by atoms with E-state index in [1.807, 2.05) is 19.1 Å². The lowest BCUT2D eigenvalue weighted by Gasteiger charge is -2.14. The first kappa shape index (κ1) is 20.4. The molecular formula is C21H18ClFN4O2. The molecule has 0 saturated carbocycles. The lowest BCUT2D eigenvalue weighted by atomic mass is 10.1. The van der Waals surface area contributed by atoms with Gasteiger partial charge in [0.1, 0.15) is 11.6 Å². The van der Waals surface area contributed by atoms with Gasteiger partial charge in [0.15, 0.2) is 11.5 Å². The van der Waals surface area contributed by atoms with Crippen LogP contribution in [-0.4, -0.2) is 28.0 Å². The van der Waals surface area contributed by atoms with Crippen LogP contribution in [0, 0.1) is 12.7 Å². The van der Waals surface area contributed by atoms with Crippen molar-refractivity contribution >= 4 is 29.5 Å². The van der Waals surface area contributed by atoms with Gasteiger partial charge in [-0.1, -0.05) is 30.3 Å². The minimum absolute atomic E-state index is 0.0168. The van der Waals surface area contributed by atoms with Crippen LogP contribution in [0.4, 0.5) is 10.2 Å². The second kappa shape index (κ2) is 8.79. The summed E-state index contributed by atoms with van der Waals surface area (Å²) < 4.78 is 18.8. The van der Waals surface area contributed by atoms with E-state index in [0.717, 1.165) is 11.3 Å². The number of carbonyl (C=O) groups is 1. The van der Waals surface area contributed by atoms with Crippen LogP contribution in [0.15, 0.2) is 43.1 Å². The second-order valence-electron chi connectivity index (χ2n) is 6.10. The summed E-state index contributed by atoms with van der Waals surface area (Å²) >= 11 is 5.76. The number of carbonyl (C=O) groups excluding carboxylic acids is 1. The number of aryl methyl sites for hydroxylation is 1. The highest BCUT2D eigenvalue weighted by atomic mass is 35.5. The van der Waals surface area contributed by atoms with Crippen LogP contribution in [0.5, 0.6) is 0 Å². The third-order valence-corrected chi connectivity index (χ3v) is 4.55. The molecule has 3 rings (SSSR count). The molecule has 1 aromatic carbocycles. The lowest BCUT2D eigenvalue weighted by molar-refractivity contribution is 0.0594. The van der Waals surface area contributed by atoms with Gasteiger partial charge in [-0.25, -0.2) is 19.2 Å². The maximum Gasteiger partial charge on any atom is 0.357 e. The van der Waals surface area contributed by atoms with Crippen molar-refractivity contribution in [3.05, 3.63) is 76.5 Å². The number of benzene rings is 1. The summed E-state index contributed by atoms with van der Waals surface area (Å²) in [6, 6.07) is 7.97. The number of rotatable bonds is 6. The predicted octanol–water partition coefficient (Wildman–Crippen LogP) is 4.68. The van der Waals surface area contributed by atoms with E-state index in [0.29, 0.717) is 23.5 Å². The fourth-order valence-electron chi connectivity index (χ4n) is 2.68. The number of ether oxygens (including phenoxy) is 1. The van der Waals surface area contributed by atoms with Crippen LogP contribution in [0.3, 0.4) is 0 Å². The average molecular weight is 413 g/mol. The van der Waals surface area contributed by atoms with Gasteiger partial charge in [0.2, 0.25) is 0 Å². The maximum atomic E-state index is 13.9. The molecule has 8 heteroatoms. The Morgan fingerprint density at radius 1 is 1.34 bits per heavy atom. The summed E-state index contributed by atoms with van der Waals surface area (Å²) in [5.41, 5.74) is 2.58. The molecule has 3 aromatic rings. The molecule has 0 radical (unpaired) electrons. The SMILES string of the molecule is C=Cc1c(NCc2ncccc2C)nc(-c2ccc(Cl)c(F)c2)nc1C(=O)OC. The van der Waals surface area contributed by atoms with Gasteiger partial charge >= 0.3 is 5.97 Å². The van der Waals surface area contributed by atoms with Crippen molar-refractivity contribution in [2.75, 3.05) is 12.4 Å². The maximum absolute atomic E-state index is 13.9. The Hall–Kier alpha value is -3.32. The van der Waals surface area contributed by atoms with E-state index >= 15 is 0 Å². The van der Waals surface area contributed by atoms with Crippen LogP contribution in [0.1, 0.15) is 27.3 Å². The van der Waals surface area contributed by atoms with E-state index in [-0.39, 0.29) is 16.5 Å². The summed E-state index contributed by atoms with van der Waals surface area (Å²) in [4.78, 5) is 25.4. The van der Waals surface area contributed by atoms with E-state index in [4.69, 9.17) is 16.3 Å². The number of anilines is 1. The molecule has 29 heavy (non-hydrogen) atoms. The zero-order valence-corrected chi connectivity index (χ0v) is 16.6. The summed E-state index contributed by atoms with van der Waals surface area (Å²) in [5, 5.41) is 3.14. The number of halogens is 2. The van der Waals surface area contributed by atoms with Crippen LogP contribution >= 0.6 is 11.6 Å². The Bertz CT molecular complexity index is 1090. The molecule has 0 aliphatic carbocycles. The van der Waals surface area contributed by atoms with E-state index in [1.54, 1.807) is 12.3 Å². The van der Waals surface area contributed by atoms with Gasteiger partial charge in [-0.15, -0.1) is 0 Å². The summed E-state index contributed by atoms with van der Waals surface area (Å²) in [6.45, 7) is 6.05. The van der Waals surface area contributed by atoms with Crippen molar-refractivity contribution in [1.29, 1.82) is 0 Å². The third kappa shape index (κ3) is 4.41. The zero-order chi connectivity index (χ0) is 21.0. The number of methoxy groups -OCH3 is 1. The van der Waals surface area contributed by atoms with E-state index in [1.165, 1.54) is 25.3 Å². The second-order valence-corrected chi connectivity index (χ2v) is 6.51. The molecule has 2 aromatic heterocycles. The third-order valence-electron chi connectivity index (χ3n) is 4.25. The molecule has 6 nitrogen and oxygen atoms in total. The van der Waals surface area contributed by atoms with Crippen LogP contribution < -0.4 is 5.32 Å². The largest absolute Gasteiger partial charge is 0.464 e. The number of nitrogens with one attached hydrogen (secondary N) is 1. The first-order valence-corrected chi connectivity index (χ1v) is 9.05. The fraction of sp³-hybridized carbons (Fsp3) is 0.143. The van der Waals surface area contributed by atoms with Crippen molar-refractivity contribution in [3.63, 3.8) is 0 Å². The number of pyridine rings is 1. The van der Waals surface area contributed by atoms with Gasteiger partial charge < -0.3 is 10.1 Å². The average Bonchev–Trinajstić information content (AvgIpc) is 2.73. The Morgan fingerprint density at radius 3 is 2.79 bits per heavy atom. The predicted molar refractivity (Wildman–Crippen MR) is 110 cm³/mol. The zero-order valence-electron chi connectivity index (χ0n) is 15.9. The van der Waals surface area contributed by atoms with Gasteiger partial charge in [-0.2, -0.15) is 0 Å². The van der Waals surface area contributed by atoms with Crippen molar-refractivity contribution in [1.82, 2.24) is 15.0 Å². The van der Waals surface area contributed by atoms with E-state index < -0.39 is 11.8 Å². The number of nitrogens with zero attached hydrogens (tertiary/aromatic N) is 3. The smallest absolute Gasteiger partial charge is 0.357 e. The molecule has 0 aliphatic heterocycles. The summed E-state index contributed by atoms with van der Waals surface area (Å²) in [6.07, 6.45) is 3.16. The summed E-state index contributed by atoms with van der Waals surface area (Å²) in [7, 11) is 1.25. The minimum Gasteiger partial charge on any atom is -0.464 e. The molecule has 0 unspecified atom stereocenters. The van der Waals surface area contributed by atoms with E-state index in [9.17, 15) is 9.18 Å². The lowest BCUT2D eigenvalue weighted by Crippen LogP contribution is -2.14. The molecule has 148 valence electrons. The minimum atomic E-state index is -0.657. The number of esters is 1. The quantitative estimate of drug-likeness (QED) is 0.592. The van der Waals surface area contributed by atoms with Crippen molar-refractivity contribution in [2.45, 2.75) is 13.5 Å². The Labute approximate surface area is 172 Å². The number of hydrogen-bond acceptors (Lipinski definition) is 6.